The molecule has 0 aliphatic carbocycles. The van der Waals surface area contributed by atoms with Gasteiger partial charge in [0, 0.05) is 12.4 Å². The van der Waals surface area contributed by atoms with Gasteiger partial charge in [-0.05, 0) is 12.1 Å². The van der Waals surface area contributed by atoms with Crippen molar-refractivity contribution in [1.29, 1.82) is 0 Å². The van der Waals surface area contributed by atoms with E-state index in [0.29, 0.717) is 5.02 Å². The molecular weight excluding hydrogens is 275 g/mol. The van der Waals surface area contributed by atoms with Gasteiger partial charge in [-0.2, -0.15) is 3.84 Å². The van der Waals surface area contributed by atoms with Crippen molar-refractivity contribution in [3.63, 3.8) is 0 Å². The Balaban J connectivity index is 0. The number of rotatable bonds is 0. The van der Waals surface area contributed by atoms with Crippen LogP contribution in [0.1, 0.15) is 0 Å². The van der Waals surface area contributed by atoms with E-state index in [1.807, 2.05) is 0 Å². The second kappa shape index (κ2) is 10.5. The second-order valence-corrected chi connectivity index (χ2v) is 2.13. The maximum absolute atomic E-state index is 5.48. The molecule has 0 N–H and O–H groups in total. The van der Waals surface area contributed by atoms with Gasteiger partial charge in [0.05, 0.1) is 28.8 Å². The zero-order chi connectivity index (χ0) is 7.82. The van der Waals surface area contributed by atoms with E-state index in [1.54, 1.807) is 24.5 Å². The van der Waals surface area contributed by atoms with Crippen LogP contribution in [-0.4, -0.2) is 22.1 Å². The van der Waals surface area contributed by atoms with Gasteiger partial charge in [0.2, 0.25) is 0 Å². The molecule has 0 bridgehead atoms. The van der Waals surface area contributed by atoms with Crippen molar-refractivity contribution in [1.82, 2.24) is 4.98 Å². The van der Waals surface area contributed by atoms with Crippen molar-refractivity contribution in [2.24, 2.45) is 0 Å². The predicted molar refractivity (Wildman–Crippen MR) is 50.6 cm³/mol. The number of aromatic nitrogens is 1. The Bertz CT molecular complexity index is 163. The van der Waals surface area contributed by atoms with Crippen LogP contribution in [0.4, 0.5) is 0 Å². The first-order valence-electron chi connectivity index (χ1n) is 2.26. The fourth-order valence-electron chi connectivity index (χ4n) is 0.342. The molecule has 1 rings (SSSR count). The molecule has 0 aliphatic rings. The fraction of sp³-hybridized carbons (Fsp3) is 0. The predicted octanol–water partition coefficient (Wildman–Crippen LogP) is 2.13. The van der Waals surface area contributed by atoms with E-state index in [2.05, 4.69) is 32.6 Å². The average Bonchev–Trinajstić information content (AvgIpc) is 1.91. The molecule has 0 spiro atoms. The Kier molecular flexibility index (Phi) is 13.4. The van der Waals surface area contributed by atoms with E-state index in [9.17, 15) is 0 Å². The zero-order valence-electron chi connectivity index (χ0n) is 5.30. The molecule has 0 amide bonds. The molecule has 11 heavy (non-hydrogen) atoms. The van der Waals surface area contributed by atoms with E-state index < -0.39 is 0 Å². The van der Waals surface area contributed by atoms with E-state index in [1.165, 1.54) is 0 Å². The minimum absolute atomic E-state index is 0. The molecule has 6 heteroatoms. The van der Waals surface area contributed by atoms with Gasteiger partial charge in [0.25, 0.3) is 0 Å². The molecule has 64 valence electrons. The first-order chi connectivity index (χ1) is 4.81. The number of hydrogen-bond donors (Lipinski definition) is 0. The molecule has 1 aromatic rings. The molecule has 2 nitrogen and oxygen atoms in total. The Morgan fingerprint density at radius 1 is 1.36 bits per heavy atom. The second-order valence-electron chi connectivity index (χ2n) is 1.23. The van der Waals surface area contributed by atoms with Crippen molar-refractivity contribution < 1.29 is 3.84 Å². The van der Waals surface area contributed by atoms with Crippen molar-refractivity contribution >= 4 is 52.4 Å². The van der Waals surface area contributed by atoms with Crippen LogP contribution in [0.15, 0.2) is 24.5 Å². The molecular formula is C5H6Cl3NOSe. The summed E-state index contributed by atoms with van der Waals surface area (Å²) in [6, 6.07) is 3.58. The molecule has 0 atom stereocenters. The van der Waals surface area contributed by atoms with Gasteiger partial charge in [-0.3, -0.25) is 4.98 Å². The van der Waals surface area contributed by atoms with Gasteiger partial charge in [-0.1, -0.05) is 11.6 Å². The summed E-state index contributed by atoms with van der Waals surface area (Å²) in [6.45, 7) is 0. The molecule has 0 fully saturated rings. The zero-order valence-corrected chi connectivity index (χ0v) is 9.66. The van der Waals surface area contributed by atoms with Gasteiger partial charge in [0.1, 0.15) is 0 Å². The fourth-order valence-corrected chi connectivity index (χ4v) is 0.471. The van der Waals surface area contributed by atoms with Crippen molar-refractivity contribution in [2.45, 2.75) is 0 Å². The molecule has 1 heterocycles. The van der Waals surface area contributed by atoms with E-state index in [4.69, 9.17) is 11.6 Å². The van der Waals surface area contributed by atoms with Crippen LogP contribution in [0.2, 0.25) is 5.02 Å². The standard InChI is InChI=1S/C5H4ClN.Cl2O.H2Se/c6-5-2-1-3-7-4-5;1-3-2;/h1-4H;;1H2. The van der Waals surface area contributed by atoms with Crippen LogP contribution in [-0.2, 0) is 3.84 Å². The average molecular weight is 281 g/mol. The topological polar surface area (TPSA) is 22.1 Å². The normalized spacial score (nSPS) is 7.18. The van der Waals surface area contributed by atoms with Gasteiger partial charge < -0.3 is 0 Å². The molecule has 0 aliphatic heterocycles. The first-order valence-corrected chi connectivity index (χ1v) is 3.25. The number of hydrogen-bond acceptors (Lipinski definition) is 2. The summed E-state index contributed by atoms with van der Waals surface area (Å²) in [6.07, 6.45) is 3.29. The van der Waals surface area contributed by atoms with E-state index >= 15 is 0 Å². The SMILES string of the molecule is ClOCl.Clc1cccnc1.[SeH2]. The first kappa shape index (κ1) is 14.0. The molecule has 1 aromatic heterocycles. The van der Waals surface area contributed by atoms with Crippen LogP contribution in [0.25, 0.3) is 0 Å². The number of nitrogens with zero attached hydrogens (tertiary/aromatic N) is 1. The van der Waals surface area contributed by atoms with Crippen molar-refractivity contribution in [2.75, 3.05) is 0 Å². The Morgan fingerprint density at radius 3 is 2.09 bits per heavy atom. The summed E-state index contributed by atoms with van der Waals surface area (Å²) >= 11 is 14.0. The molecule has 0 aromatic carbocycles. The minimum atomic E-state index is 0. The summed E-state index contributed by atoms with van der Waals surface area (Å²) in [5.74, 6) is 0. The third kappa shape index (κ3) is 10.5. The monoisotopic (exact) mass is 281 g/mol. The van der Waals surface area contributed by atoms with Crippen LogP contribution in [0, 0.1) is 0 Å². The number of halogens is 3. The van der Waals surface area contributed by atoms with Crippen LogP contribution in [0.3, 0.4) is 0 Å². The third-order valence-electron chi connectivity index (χ3n) is 0.625. The Hall–Kier alpha value is 0.499. The van der Waals surface area contributed by atoms with Gasteiger partial charge in [-0.15, -0.1) is 0 Å². The molecule has 0 saturated carbocycles. The van der Waals surface area contributed by atoms with Crippen molar-refractivity contribution in [3.8, 4) is 0 Å². The van der Waals surface area contributed by atoms with Crippen molar-refractivity contribution in [3.05, 3.63) is 29.5 Å². The summed E-state index contributed by atoms with van der Waals surface area (Å²) in [5.41, 5.74) is 0. The maximum atomic E-state index is 5.48. The van der Waals surface area contributed by atoms with Gasteiger partial charge in [-0.25, -0.2) is 0 Å². The third-order valence-corrected chi connectivity index (χ3v) is 0.849. The summed E-state index contributed by atoms with van der Waals surface area (Å²) in [5, 5.41) is 0.683. The Labute approximate surface area is 90.6 Å². The summed E-state index contributed by atoms with van der Waals surface area (Å²) < 4.78 is 3.19. The Morgan fingerprint density at radius 2 is 1.91 bits per heavy atom. The quantitative estimate of drug-likeness (QED) is 0.680. The van der Waals surface area contributed by atoms with Crippen LogP contribution in [0.5, 0.6) is 0 Å². The molecule has 0 radical (unpaired) electrons. The molecule has 0 saturated heterocycles. The van der Waals surface area contributed by atoms with Crippen LogP contribution < -0.4 is 0 Å². The summed E-state index contributed by atoms with van der Waals surface area (Å²) in [4.78, 5) is 3.75. The van der Waals surface area contributed by atoms with Gasteiger partial charge in [0.15, 0.2) is 0 Å². The number of pyridine rings is 1. The van der Waals surface area contributed by atoms with E-state index in [0.717, 1.165) is 0 Å². The van der Waals surface area contributed by atoms with E-state index in [-0.39, 0.29) is 17.1 Å². The molecule has 0 unspecified atom stereocenters. The van der Waals surface area contributed by atoms with Gasteiger partial charge >= 0.3 is 17.1 Å². The van der Waals surface area contributed by atoms with Crippen LogP contribution >= 0.6 is 35.3 Å². The summed E-state index contributed by atoms with van der Waals surface area (Å²) in [7, 11) is 0.